The van der Waals surface area contributed by atoms with Gasteiger partial charge in [-0.1, -0.05) is 30.3 Å². The van der Waals surface area contributed by atoms with Crippen LogP contribution in [0.5, 0.6) is 0 Å². The number of non-ortho nitro benzene ring substituents is 1. The first-order valence-corrected chi connectivity index (χ1v) is 6.93. The van der Waals surface area contributed by atoms with Crippen molar-refractivity contribution in [3.63, 3.8) is 0 Å². The first-order valence-electron chi connectivity index (χ1n) is 6.93. The van der Waals surface area contributed by atoms with Gasteiger partial charge in [0.1, 0.15) is 0 Å². The molecule has 2 aromatic rings. The molecule has 7 heteroatoms. The zero-order valence-corrected chi connectivity index (χ0v) is 12.2. The van der Waals surface area contributed by atoms with Crippen LogP contribution in [0.3, 0.4) is 0 Å². The third kappa shape index (κ3) is 2.58. The molecule has 0 spiro atoms. The molecule has 0 atom stereocenters. The third-order valence-corrected chi connectivity index (χ3v) is 3.52. The van der Waals surface area contributed by atoms with E-state index in [4.69, 9.17) is 0 Å². The molecule has 0 unspecified atom stereocenters. The Kier molecular flexibility index (Phi) is 3.75. The highest BCUT2D eigenvalue weighted by Gasteiger charge is 2.30. The highest BCUT2D eigenvalue weighted by Crippen LogP contribution is 2.29. The van der Waals surface area contributed by atoms with E-state index < -0.39 is 22.5 Å². The molecule has 0 bridgehead atoms. The predicted octanol–water partition coefficient (Wildman–Crippen LogP) is 2.26. The summed E-state index contributed by atoms with van der Waals surface area (Å²) in [6, 6.07) is 11.6. The Hall–Kier alpha value is -3.61. The fraction of sp³-hybridized carbons (Fsp3) is 0. The molecule has 2 amide bonds. The first kappa shape index (κ1) is 15.3. The van der Waals surface area contributed by atoms with Crippen LogP contribution >= 0.6 is 0 Å². The van der Waals surface area contributed by atoms with Gasteiger partial charge in [0.15, 0.2) is 5.78 Å². The van der Waals surface area contributed by atoms with Crippen LogP contribution in [0.2, 0.25) is 0 Å². The summed E-state index contributed by atoms with van der Waals surface area (Å²) in [5, 5.41) is 11.0. The van der Waals surface area contributed by atoms with E-state index >= 15 is 0 Å². The predicted molar refractivity (Wildman–Crippen MR) is 84.6 cm³/mol. The molecule has 1 aliphatic heterocycles. The summed E-state index contributed by atoms with van der Waals surface area (Å²) >= 11 is 0. The molecule has 0 N–H and O–H groups in total. The van der Waals surface area contributed by atoms with Crippen LogP contribution in [0, 0.1) is 10.1 Å². The number of rotatable bonds is 4. The maximum atomic E-state index is 12.7. The van der Waals surface area contributed by atoms with Gasteiger partial charge in [0.25, 0.3) is 17.5 Å². The summed E-state index contributed by atoms with van der Waals surface area (Å²) in [6.45, 7) is 0. The summed E-state index contributed by atoms with van der Waals surface area (Å²) in [5.41, 5.74) is -0.0633. The number of nitro groups is 1. The zero-order valence-electron chi connectivity index (χ0n) is 12.2. The van der Waals surface area contributed by atoms with Crippen molar-refractivity contribution in [3.8, 4) is 0 Å². The van der Waals surface area contributed by atoms with E-state index in [1.807, 2.05) is 0 Å². The van der Waals surface area contributed by atoms with E-state index in [0.717, 1.165) is 29.2 Å². The Bertz CT molecular complexity index is 884. The van der Waals surface area contributed by atoms with Crippen LogP contribution in [-0.4, -0.2) is 22.5 Å². The van der Waals surface area contributed by atoms with Gasteiger partial charge in [-0.15, -0.1) is 0 Å². The number of imide groups is 1. The minimum absolute atomic E-state index is 0.0226. The van der Waals surface area contributed by atoms with Crippen LogP contribution in [0.1, 0.15) is 15.9 Å². The zero-order chi connectivity index (χ0) is 17.3. The number of anilines is 1. The largest absolute Gasteiger partial charge is 0.289 e. The fourth-order valence-electron chi connectivity index (χ4n) is 2.40. The molecule has 24 heavy (non-hydrogen) atoms. The monoisotopic (exact) mass is 322 g/mol. The second-order valence-electron chi connectivity index (χ2n) is 5.00. The molecule has 0 fully saturated rings. The molecule has 0 radical (unpaired) electrons. The van der Waals surface area contributed by atoms with Crippen molar-refractivity contribution >= 4 is 29.0 Å². The molecule has 3 rings (SSSR count). The molecule has 7 nitrogen and oxygen atoms in total. The summed E-state index contributed by atoms with van der Waals surface area (Å²) in [6.07, 6.45) is 2.17. The number of amides is 2. The van der Waals surface area contributed by atoms with Crippen molar-refractivity contribution in [2.75, 3.05) is 4.90 Å². The van der Waals surface area contributed by atoms with Gasteiger partial charge < -0.3 is 0 Å². The summed E-state index contributed by atoms with van der Waals surface area (Å²) in [7, 11) is 0. The number of carbonyl (C=O) groups excluding carboxylic acids is 3. The van der Waals surface area contributed by atoms with Crippen molar-refractivity contribution < 1.29 is 19.3 Å². The number of carbonyl (C=O) groups is 3. The van der Waals surface area contributed by atoms with Gasteiger partial charge in [0.05, 0.1) is 16.2 Å². The number of nitrogens with zero attached hydrogens (tertiary/aromatic N) is 2. The third-order valence-electron chi connectivity index (χ3n) is 3.52. The van der Waals surface area contributed by atoms with Gasteiger partial charge in [-0.05, 0) is 6.07 Å². The molecule has 1 heterocycles. The Balaban J connectivity index is 2.16. The molecule has 1 aliphatic rings. The lowest BCUT2D eigenvalue weighted by Crippen LogP contribution is -2.31. The normalized spacial score (nSPS) is 13.4. The summed E-state index contributed by atoms with van der Waals surface area (Å²) in [4.78, 5) is 47.7. The number of nitro benzene ring substituents is 1. The average Bonchev–Trinajstić information content (AvgIpc) is 2.93. The molecular weight excluding hydrogens is 312 g/mol. The van der Waals surface area contributed by atoms with Crippen LogP contribution < -0.4 is 4.90 Å². The standard InChI is InChI=1S/C17H10N2O5/c20-15-8-9-16(21)18(15)14-7-6-12(19(23)24)10-13(14)17(22)11-4-2-1-3-5-11/h1-10H. The number of benzene rings is 2. The number of hydrogen-bond donors (Lipinski definition) is 0. The van der Waals surface area contributed by atoms with Gasteiger partial charge in [0, 0.05) is 29.8 Å². The van der Waals surface area contributed by atoms with Gasteiger partial charge in [-0.25, -0.2) is 4.90 Å². The van der Waals surface area contributed by atoms with Crippen LogP contribution in [0.4, 0.5) is 11.4 Å². The SMILES string of the molecule is O=C(c1ccccc1)c1cc([N+](=O)[O-])ccc1N1C(=O)C=CC1=O. The summed E-state index contributed by atoms with van der Waals surface area (Å²) in [5.74, 6) is -1.71. The lowest BCUT2D eigenvalue weighted by Gasteiger charge is -2.17. The number of hydrogen-bond acceptors (Lipinski definition) is 5. The molecule has 0 aromatic heterocycles. The highest BCUT2D eigenvalue weighted by molar-refractivity contribution is 6.30. The molecule has 0 saturated heterocycles. The maximum Gasteiger partial charge on any atom is 0.270 e. The lowest BCUT2D eigenvalue weighted by molar-refractivity contribution is -0.384. The van der Waals surface area contributed by atoms with E-state index in [0.29, 0.717) is 5.56 Å². The van der Waals surface area contributed by atoms with Crippen molar-refractivity contribution in [1.82, 2.24) is 0 Å². The van der Waals surface area contributed by atoms with Crippen molar-refractivity contribution in [2.24, 2.45) is 0 Å². The first-order chi connectivity index (χ1) is 11.5. The minimum Gasteiger partial charge on any atom is -0.289 e. The van der Waals surface area contributed by atoms with Gasteiger partial charge in [-0.3, -0.25) is 24.5 Å². The van der Waals surface area contributed by atoms with Gasteiger partial charge in [-0.2, -0.15) is 0 Å². The van der Waals surface area contributed by atoms with Crippen molar-refractivity contribution in [3.05, 3.63) is 81.9 Å². The van der Waals surface area contributed by atoms with E-state index in [-0.39, 0.29) is 16.9 Å². The molecule has 2 aromatic carbocycles. The Morgan fingerprint density at radius 3 is 2.17 bits per heavy atom. The van der Waals surface area contributed by atoms with Crippen molar-refractivity contribution in [1.29, 1.82) is 0 Å². The van der Waals surface area contributed by atoms with Crippen LogP contribution in [-0.2, 0) is 9.59 Å². The lowest BCUT2D eigenvalue weighted by atomic mass is 10.0. The fourth-order valence-corrected chi connectivity index (χ4v) is 2.40. The Labute approximate surface area is 136 Å². The van der Waals surface area contributed by atoms with Crippen molar-refractivity contribution in [2.45, 2.75) is 0 Å². The Morgan fingerprint density at radius 1 is 0.958 bits per heavy atom. The second-order valence-corrected chi connectivity index (χ2v) is 5.00. The van der Waals surface area contributed by atoms with Gasteiger partial charge in [0.2, 0.25) is 0 Å². The van der Waals surface area contributed by atoms with Gasteiger partial charge >= 0.3 is 0 Å². The summed E-state index contributed by atoms with van der Waals surface area (Å²) < 4.78 is 0. The van der Waals surface area contributed by atoms with Crippen LogP contribution in [0.15, 0.2) is 60.7 Å². The second kappa shape index (κ2) is 5.88. The Morgan fingerprint density at radius 2 is 1.58 bits per heavy atom. The van der Waals surface area contributed by atoms with Crippen LogP contribution in [0.25, 0.3) is 0 Å². The number of ketones is 1. The minimum atomic E-state index is -0.641. The molecule has 0 aliphatic carbocycles. The highest BCUT2D eigenvalue weighted by atomic mass is 16.6. The average molecular weight is 322 g/mol. The topological polar surface area (TPSA) is 97.6 Å². The van der Waals surface area contributed by atoms with E-state index in [9.17, 15) is 24.5 Å². The quantitative estimate of drug-likeness (QED) is 0.372. The molecule has 118 valence electrons. The van der Waals surface area contributed by atoms with E-state index in [1.54, 1.807) is 30.3 Å². The smallest absolute Gasteiger partial charge is 0.270 e. The van der Waals surface area contributed by atoms with E-state index in [2.05, 4.69) is 0 Å². The molecular formula is C17H10N2O5. The maximum absolute atomic E-state index is 12.7. The molecule has 0 saturated carbocycles. The van der Waals surface area contributed by atoms with E-state index in [1.165, 1.54) is 6.07 Å².